The quantitative estimate of drug-likeness (QED) is 0.449. The molecule has 3 aromatic rings. The number of carbonyl (C=O) groups excluding carboxylic acids is 1. The van der Waals surface area contributed by atoms with Crippen molar-refractivity contribution >= 4 is 33.5 Å². The molecule has 0 unspecified atom stereocenters. The lowest BCUT2D eigenvalue weighted by atomic mass is 9.69. The maximum absolute atomic E-state index is 14.0. The SMILES string of the molecule is N#CC1(C#N)[C@@H]2C=Cc3ccccc3N2[C@@H](C(=O)c2ccccc2)[C@@H]1c1ccccc1Br. The van der Waals surface area contributed by atoms with Gasteiger partial charge in [-0.25, -0.2) is 0 Å². The third-order valence-corrected chi connectivity index (χ3v) is 7.20. The van der Waals surface area contributed by atoms with Gasteiger partial charge in [-0.15, -0.1) is 0 Å². The van der Waals surface area contributed by atoms with Gasteiger partial charge >= 0.3 is 0 Å². The Bertz CT molecular complexity index is 1300. The van der Waals surface area contributed by atoms with Crippen molar-refractivity contribution in [3.63, 3.8) is 0 Å². The number of anilines is 1. The zero-order valence-corrected chi connectivity index (χ0v) is 18.6. The van der Waals surface area contributed by atoms with Gasteiger partial charge in [0.15, 0.2) is 11.2 Å². The van der Waals surface area contributed by atoms with E-state index >= 15 is 0 Å². The van der Waals surface area contributed by atoms with Gasteiger partial charge in [0.2, 0.25) is 0 Å². The van der Waals surface area contributed by atoms with Gasteiger partial charge in [-0.3, -0.25) is 4.79 Å². The minimum absolute atomic E-state index is 0.103. The van der Waals surface area contributed by atoms with E-state index in [0.29, 0.717) is 5.56 Å². The molecule has 4 nitrogen and oxygen atoms in total. The molecule has 0 bridgehead atoms. The van der Waals surface area contributed by atoms with Crippen LogP contribution in [0.4, 0.5) is 5.69 Å². The second-order valence-electron chi connectivity index (χ2n) is 8.04. The number of para-hydroxylation sites is 1. The molecule has 1 fully saturated rings. The molecule has 2 heterocycles. The van der Waals surface area contributed by atoms with E-state index in [1.807, 2.05) is 83.8 Å². The molecule has 2 aliphatic heterocycles. The first kappa shape index (κ1) is 20.2. The van der Waals surface area contributed by atoms with E-state index in [1.54, 1.807) is 12.1 Å². The van der Waals surface area contributed by atoms with Crippen molar-refractivity contribution in [3.8, 4) is 12.1 Å². The number of benzene rings is 3. The van der Waals surface area contributed by atoms with Crippen molar-refractivity contribution in [1.29, 1.82) is 10.5 Å². The van der Waals surface area contributed by atoms with Gasteiger partial charge in [0.25, 0.3) is 0 Å². The molecule has 0 radical (unpaired) electrons. The second-order valence-corrected chi connectivity index (χ2v) is 8.89. The summed E-state index contributed by atoms with van der Waals surface area (Å²) in [5.74, 6) is -0.754. The van der Waals surface area contributed by atoms with Crippen molar-refractivity contribution in [2.45, 2.75) is 18.0 Å². The Morgan fingerprint density at radius 3 is 2.28 bits per heavy atom. The number of ketones is 1. The Morgan fingerprint density at radius 1 is 0.906 bits per heavy atom. The van der Waals surface area contributed by atoms with E-state index in [0.717, 1.165) is 21.3 Å². The molecule has 0 aromatic heterocycles. The van der Waals surface area contributed by atoms with Crippen molar-refractivity contribution in [3.05, 3.63) is 106 Å². The van der Waals surface area contributed by atoms with Gasteiger partial charge in [-0.05, 0) is 23.3 Å². The Kier molecular flexibility index (Phi) is 4.93. The zero-order chi connectivity index (χ0) is 22.3. The van der Waals surface area contributed by atoms with Crippen LogP contribution in [0.15, 0.2) is 89.4 Å². The van der Waals surface area contributed by atoms with Crippen molar-refractivity contribution in [2.75, 3.05) is 4.90 Å². The minimum Gasteiger partial charge on any atom is -0.351 e. The molecule has 0 aliphatic carbocycles. The number of nitriles is 2. The highest BCUT2D eigenvalue weighted by atomic mass is 79.9. The molecule has 3 atom stereocenters. The maximum atomic E-state index is 14.0. The van der Waals surface area contributed by atoms with Crippen LogP contribution in [-0.2, 0) is 0 Å². The summed E-state index contributed by atoms with van der Waals surface area (Å²) in [6.07, 6.45) is 3.85. The monoisotopic (exact) mass is 479 g/mol. The third kappa shape index (κ3) is 2.83. The van der Waals surface area contributed by atoms with Crippen LogP contribution in [0.25, 0.3) is 6.08 Å². The summed E-state index contributed by atoms with van der Waals surface area (Å²) in [6, 6.07) is 27.9. The fourth-order valence-corrected chi connectivity index (χ4v) is 5.61. The molecule has 154 valence electrons. The van der Waals surface area contributed by atoms with Gasteiger partial charge in [0.1, 0.15) is 6.04 Å². The van der Waals surface area contributed by atoms with Crippen LogP contribution in [0.3, 0.4) is 0 Å². The number of rotatable bonds is 3. The van der Waals surface area contributed by atoms with E-state index in [9.17, 15) is 15.3 Å². The minimum atomic E-state index is -1.44. The predicted molar refractivity (Wildman–Crippen MR) is 127 cm³/mol. The standard InChI is InChI=1S/C27H18BrN3O/c28-21-12-6-5-11-20(21)24-25(26(32)19-9-2-1-3-10-19)31-22-13-7-4-8-18(22)14-15-23(31)27(24,16-29)17-30/h1-15,23-25H/t23-,24-,25+/m0/s1. The second kappa shape index (κ2) is 7.79. The first-order chi connectivity index (χ1) is 15.6. The number of halogens is 1. The Balaban J connectivity index is 1.81. The van der Waals surface area contributed by atoms with E-state index in [-0.39, 0.29) is 5.78 Å². The van der Waals surface area contributed by atoms with Crippen molar-refractivity contribution in [2.24, 2.45) is 5.41 Å². The average molecular weight is 480 g/mol. The van der Waals surface area contributed by atoms with Crippen molar-refractivity contribution < 1.29 is 4.79 Å². The maximum Gasteiger partial charge on any atom is 0.185 e. The normalized spacial score (nSPS) is 22.3. The Labute approximate surface area is 195 Å². The van der Waals surface area contributed by atoms with Crippen LogP contribution in [0.5, 0.6) is 0 Å². The summed E-state index contributed by atoms with van der Waals surface area (Å²) in [5, 5.41) is 20.9. The van der Waals surface area contributed by atoms with E-state index in [2.05, 4.69) is 28.1 Å². The lowest BCUT2D eigenvalue weighted by Crippen LogP contribution is -2.44. The number of fused-ring (bicyclic) bond motifs is 3. The number of Topliss-reactive ketones (excluding diaryl/α,β-unsaturated/α-hetero) is 1. The van der Waals surface area contributed by atoms with Crippen LogP contribution in [-0.4, -0.2) is 17.9 Å². The highest BCUT2D eigenvalue weighted by Gasteiger charge is 2.63. The van der Waals surface area contributed by atoms with Gasteiger partial charge in [0.05, 0.1) is 18.2 Å². The van der Waals surface area contributed by atoms with Crippen LogP contribution in [0.1, 0.15) is 27.4 Å². The van der Waals surface area contributed by atoms with Gasteiger partial charge in [0, 0.05) is 21.6 Å². The van der Waals surface area contributed by atoms with Crippen LogP contribution in [0, 0.1) is 28.1 Å². The molecule has 32 heavy (non-hydrogen) atoms. The number of nitrogens with zero attached hydrogens (tertiary/aromatic N) is 3. The fourth-order valence-electron chi connectivity index (χ4n) is 5.08. The summed E-state index contributed by atoms with van der Waals surface area (Å²) >= 11 is 3.61. The molecule has 3 aromatic carbocycles. The first-order valence-electron chi connectivity index (χ1n) is 10.3. The Hall–Kier alpha value is -3.67. The van der Waals surface area contributed by atoms with Gasteiger partial charge in [-0.1, -0.05) is 94.8 Å². The summed E-state index contributed by atoms with van der Waals surface area (Å²) < 4.78 is 0.780. The van der Waals surface area contributed by atoms with Crippen molar-refractivity contribution in [1.82, 2.24) is 0 Å². The van der Waals surface area contributed by atoms with E-state index in [4.69, 9.17) is 0 Å². The van der Waals surface area contributed by atoms with Gasteiger partial charge < -0.3 is 4.90 Å². The predicted octanol–water partition coefficient (Wildman–Crippen LogP) is 5.73. The topological polar surface area (TPSA) is 67.9 Å². The summed E-state index contributed by atoms with van der Waals surface area (Å²) in [4.78, 5) is 16.0. The molecule has 5 rings (SSSR count). The number of hydrogen-bond donors (Lipinski definition) is 0. The highest BCUT2D eigenvalue weighted by Crippen LogP contribution is 2.56. The largest absolute Gasteiger partial charge is 0.351 e. The average Bonchev–Trinajstić information content (AvgIpc) is 3.15. The highest BCUT2D eigenvalue weighted by molar-refractivity contribution is 9.10. The smallest absolute Gasteiger partial charge is 0.185 e. The zero-order valence-electron chi connectivity index (χ0n) is 17.0. The molecule has 0 spiro atoms. The molecule has 0 amide bonds. The van der Waals surface area contributed by atoms with E-state index < -0.39 is 23.4 Å². The third-order valence-electron chi connectivity index (χ3n) is 6.48. The molecule has 0 N–H and O–H groups in total. The molecular formula is C27H18BrN3O. The van der Waals surface area contributed by atoms with Crippen LogP contribution in [0.2, 0.25) is 0 Å². The number of hydrogen-bond acceptors (Lipinski definition) is 4. The lowest BCUT2D eigenvalue weighted by Gasteiger charge is -2.35. The lowest BCUT2D eigenvalue weighted by molar-refractivity contribution is 0.0951. The molecule has 0 saturated carbocycles. The summed E-state index contributed by atoms with van der Waals surface area (Å²) in [6.45, 7) is 0. The first-order valence-corrected chi connectivity index (χ1v) is 11.1. The molecule has 5 heteroatoms. The van der Waals surface area contributed by atoms with Crippen LogP contribution < -0.4 is 4.90 Å². The molecule has 2 aliphatic rings. The number of carbonyl (C=O) groups is 1. The molecule has 1 saturated heterocycles. The summed E-state index contributed by atoms with van der Waals surface area (Å²) in [5.41, 5.74) is 1.73. The Morgan fingerprint density at radius 2 is 1.56 bits per heavy atom. The summed E-state index contributed by atoms with van der Waals surface area (Å²) in [7, 11) is 0. The van der Waals surface area contributed by atoms with Crippen LogP contribution >= 0.6 is 15.9 Å². The van der Waals surface area contributed by atoms with Gasteiger partial charge in [-0.2, -0.15) is 10.5 Å². The fraction of sp³-hybridized carbons (Fsp3) is 0.148. The molecular weight excluding hydrogens is 462 g/mol. The van der Waals surface area contributed by atoms with E-state index in [1.165, 1.54) is 0 Å².